The number of carbonyl (C=O) groups excluding carboxylic acids is 1. The standard InChI is InChI=1S/C83H144N2O9Si/c1-9-12-15-18-21-24-27-30-33-36-39-42-45-48-51-57-62-91-75-65-73(81(88)85-80(87)72(8)68-84(82(85)89)78-67-83(90,77(69-86)94-78)95(70(4)5,71(6)7)74-60-55-54-56-61-74)66-76(92-63-58-52-49-46-43-40-37-34-31-28-25-22-19-16-13-10-2)79(75)93-64-59-53-50-47-44-41-38-35-32-29-26-23-20-17-14-11-3/h54-56,60-61,65-66,68,70-71,77-78,86,90H,9-53,57-59,62-64,67,69H2,1-8H3/t77-,78-,83-/m1/s1. The lowest BCUT2D eigenvalue weighted by atomic mass is 10.0. The van der Waals surface area contributed by atoms with Crippen LogP contribution < -0.4 is 30.6 Å². The zero-order valence-electron chi connectivity index (χ0n) is 62.6. The molecule has 1 aliphatic rings. The quantitative estimate of drug-likeness (QED) is 0.0418. The summed E-state index contributed by atoms with van der Waals surface area (Å²) in [6.07, 6.45) is 60.5. The summed E-state index contributed by atoms with van der Waals surface area (Å²) < 4.78 is 28.7. The number of aliphatic hydroxyl groups excluding tert-OH is 1. The molecule has 1 fully saturated rings. The van der Waals surface area contributed by atoms with Crippen LogP contribution in [0.15, 0.2) is 58.3 Å². The highest BCUT2D eigenvalue weighted by Gasteiger charge is 2.65. The third-order valence-corrected chi connectivity index (χ3v) is 28.0. The van der Waals surface area contributed by atoms with Crippen molar-refractivity contribution in [2.45, 2.75) is 399 Å². The van der Waals surface area contributed by atoms with Crippen molar-refractivity contribution in [2.75, 3.05) is 26.4 Å². The Hall–Kier alpha value is -3.71. The number of hydrogen-bond donors (Lipinski definition) is 2. The Kier molecular flexibility index (Phi) is 45.3. The van der Waals surface area contributed by atoms with Crippen LogP contribution in [0.3, 0.4) is 0 Å². The smallest absolute Gasteiger partial charge is 0.340 e. The van der Waals surface area contributed by atoms with Crippen molar-refractivity contribution in [2.24, 2.45) is 0 Å². The van der Waals surface area contributed by atoms with E-state index in [-0.39, 0.29) is 28.6 Å². The lowest BCUT2D eigenvalue weighted by Crippen LogP contribution is -2.73. The molecule has 1 saturated heterocycles. The lowest BCUT2D eigenvalue weighted by Gasteiger charge is -2.51. The maximum Gasteiger partial charge on any atom is 0.340 e. The van der Waals surface area contributed by atoms with Crippen LogP contribution in [0.2, 0.25) is 11.1 Å². The molecule has 0 saturated carbocycles. The second-order valence-electron chi connectivity index (χ2n) is 29.6. The molecule has 0 radical (unpaired) electrons. The first-order valence-corrected chi connectivity index (χ1v) is 42.5. The summed E-state index contributed by atoms with van der Waals surface area (Å²) in [5.41, 5.74) is -1.35. The summed E-state index contributed by atoms with van der Waals surface area (Å²) in [6.45, 7) is 17.8. The molecule has 1 aromatic heterocycles. The summed E-state index contributed by atoms with van der Waals surface area (Å²) in [4.78, 5) is 44.7. The second kappa shape index (κ2) is 51.4. The number of rotatable bonds is 61. The monoisotopic (exact) mass is 1340 g/mol. The molecule has 4 rings (SSSR count). The third kappa shape index (κ3) is 30.0. The van der Waals surface area contributed by atoms with Crippen LogP contribution in [0.25, 0.3) is 0 Å². The Morgan fingerprint density at radius 3 is 1.14 bits per heavy atom. The molecule has 0 spiro atoms. The van der Waals surface area contributed by atoms with E-state index in [1.165, 1.54) is 261 Å². The zero-order valence-corrected chi connectivity index (χ0v) is 63.6. The van der Waals surface area contributed by atoms with Gasteiger partial charge in [0.2, 0.25) is 5.75 Å². The van der Waals surface area contributed by atoms with E-state index in [4.69, 9.17) is 18.9 Å². The SMILES string of the molecule is CCCCCCCCCCCCCCCCCCOc1cc(C(=O)n2c(=O)c(C)cn([C@H]3C[C@@](O)([Si](c4ccccc4)(C(C)C)C(C)C)[C@@H](CO)O3)c2=O)cc(OCCCCCCCCCCCCCCCCCC)c1OCCCCCCCCCCCCCCCCCC. The van der Waals surface area contributed by atoms with Gasteiger partial charge in [-0.3, -0.25) is 14.2 Å². The highest BCUT2D eigenvalue weighted by molar-refractivity contribution is 6.96. The first-order chi connectivity index (χ1) is 46.3. The minimum atomic E-state index is -3.05. The molecule has 544 valence electrons. The Balaban J connectivity index is 1.54. The van der Waals surface area contributed by atoms with Crippen LogP contribution in [0, 0.1) is 6.92 Å². The van der Waals surface area contributed by atoms with Gasteiger partial charge < -0.3 is 29.2 Å². The predicted octanol–water partition coefficient (Wildman–Crippen LogP) is 22.7. The van der Waals surface area contributed by atoms with E-state index in [9.17, 15) is 15.0 Å². The fourth-order valence-electron chi connectivity index (χ4n) is 15.6. The molecule has 1 aliphatic heterocycles. The van der Waals surface area contributed by atoms with E-state index in [1.54, 1.807) is 19.1 Å². The van der Waals surface area contributed by atoms with Gasteiger partial charge in [-0.15, -0.1) is 0 Å². The molecule has 2 heterocycles. The van der Waals surface area contributed by atoms with E-state index in [1.807, 2.05) is 18.2 Å². The number of unbranched alkanes of at least 4 members (excludes halogenated alkanes) is 45. The van der Waals surface area contributed by atoms with Gasteiger partial charge in [-0.2, -0.15) is 4.57 Å². The minimum absolute atomic E-state index is 0.0123. The van der Waals surface area contributed by atoms with Crippen molar-refractivity contribution in [1.82, 2.24) is 9.13 Å². The summed E-state index contributed by atoms with van der Waals surface area (Å²) in [5, 5.41) is 23.8. The average Bonchev–Trinajstić information content (AvgIpc) is 1.62. The maximum absolute atomic E-state index is 15.3. The van der Waals surface area contributed by atoms with E-state index in [0.29, 0.717) is 41.6 Å². The average molecular weight is 1340 g/mol. The second-order valence-corrected chi connectivity index (χ2v) is 35.1. The highest BCUT2D eigenvalue weighted by atomic mass is 28.3. The maximum atomic E-state index is 15.3. The number of carbonyl (C=O) groups is 1. The number of benzene rings is 2. The van der Waals surface area contributed by atoms with Gasteiger partial charge in [-0.05, 0) is 49.4 Å². The molecule has 3 aromatic rings. The van der Waals surface area contributed by atoms with Crippen LogP contribution in [-0.2, 0) is 4.74 Å². The Bertz CT molecular complexity index is 2460. The third-order valence-electron chi connectivity index (χ3n) is 21.1. The van der Waals surface area contributed by atoms with Gasteiger partial charge in [0, 0.05) is 23.7 Å². The van der Waals surface area contributed by atoms with Gasteiger partial charge in [-0.1, -0.05) is 373 Å². The van der Waals surface area contributed by atoms with Crippen LogP contribution in [0.5, 0.6) is 17.2 Å². The molecular formula is C83H144N2O9Si. The Morgan fingerprint density at radius 1 is 0.505 bits per heavy atom. The number of aryl methyl sites for hydroxylation is 1. The number of hydrogen-bond acceptors (Lipinski definition) is 9. The van der Waals surface area contributed by atoms with E-state index in [0.717, 1.165) is 63.0 Å². The van der Waals surface area contributed by atoms with Gasteiger partial charge in [-0.25, -0.2) is 4.79 Å². The van der Waals surface area contributed by atoms with Crippen LogP contribution in [0.4, 0.5) is 0 Å². The summed E-state index contributed by atoms with van der Waals surface area (Å²) in [7, 11) is -3.05. The number of aliphatic hydroxyl groups is 2. The Morgan fingerprint density at radius 2 is 0.821 bits per heavy atom. The van der Waals surface area contributed by atoms with Crippen LogP contribution in [0.1, 0.15) is 385 Å². The normalized spacial score (nSPS) is 15.8. The molecule has 11 nitrogen and oxygen atoms in total. The topological polar surface area (TPSA) is 138 Å². The van der Waals surface area contributed by atoms with Gasteiger partial charge in [0.1, 0.15) is 20.4 Å². The molecule has 0 aliphatic carbocycles. The summed E-state index contributed by atoms with van der Waals surface area (Å²) in [6, 6.07) is 13.3. The fraction of sp³-hybridized carbons (Fsp3) is 0.795. The molecule has 2 N–H and O–H groups in total. The zero-order chi connectivity index (χ0) is 68.6. The number of ether oxygens (including phenoxy) is 4. The van der Waals surface area contributed by atoms with Gasteiger partial charge in [0.15, 0.2) is 11.5 Å². The predicted molar refractivity (Wildman–Crippen MR) is 404 cm³/mol. The number of aromatic nitrogens is 2. The summed E-state index contributed by atoms with van der Waals surface area (Å²) in [5.74, 6) is 0.386. The molecule has 2 aromatic carbocycles. The molecule has 3 atom stereocenters. The molecule has 0 amide bonds. The number of nitrogens with zero attached hydrogens (tertiary/aromatic N) is 2. The summed E-state index contributed by atoms with van der Waals surface area (Å²) >= 11 is 0. The largest absolute Gasteiger partial charge is 0.490 e. The van der Waals surface area contributed by atoms with Crippen LogP contribution >= 0.6 is 0 Å². The van der Waals surface area contributed by atoms with E-state index in [2.05, 4.69) is 60.6 Å². The first-order valence-electron chi connectivity index (χ1n) is 40.3. The van der Waals surface area contributed by atoms with E-state index < -0.39 is 49.4 Å². The molecule has 0 unspecified atom stereocenters. The van der Waals surface area contributed by atoms with Gasteiger partial charge in [0.25, 0.3) is 11.5 Å². The fourth-order valence-corrected chi connectivity index (χ4v) is 22.7. The highest BCUT2D eigenvalue weighted by Crippen LogP contribution is 2.51. The molecule has 95 heavy (non-hydrogen) atoms. The molecular weight excluding hydrogens is 1200 g/mol. The van der Waals surface area contributed by atoms with Crippen molar-refractivity contribution in [3.05, 3.63) is 80.6 Å². The van der Waals surface area contributed by atoms with Crippen molar-refractivity contribution in [3.63, 3.8) is 0 Å². The Labute approximate surface area is 582 Å². The van der Waals surface area contributed by atoms with Crippen molar-refractivity contribution < 1.29 is 34.0 Å². The van der Waals surface area contributed by atoms with Gasteiger partial charge in [0.05, 0.1) is 31.7 Å². The van der Waals surface area contributed by atoms with Crippen molar-refractivity contribution >= 4 is 19.2 Å². The van der Waals surface area contributed by atoms with Crippen molar-refractivity contribution in [3.8, 4) is 17.2 Å². The van der Waals surface area contributed by atoms with Crippen LogP contribution in [-0.4, -0.2) is 71.1 Å². The minimum Gasteiger partial charge on any atom is -0.490 e. The van der Waals surface area contributed by atoms with Gasteiger partial charge >= 0.3 is 5.69 Å². The van der Waals surface area contributed by atoms with E-state index >= 15 is 9.59 Å². The first kappa shape index (κ1) is 83.7. The molecule has 12 heteroatoms. The van der Waals surface area contributed by atoms with Crippen molar-refractivity contribution in [1.29, 1.82) is 0 Å². The molecule has 0 bridgehead atoms. The lowest BCUT2D eigenvalue weighted by molar-refractivity contribution is -0.0596.